The Hall–Kier alpha value is -0.0800. The van der Waals surface area contributed by atoms with Crippen molar-refractivity contribution >= 4 is 0 Å². The SMILES string of the molecule is CC(C)C[C@H]1CCC2CC[C@H](C(C)C)C(O)C2C1O. The van der Waals surface area contributed by atoms with Crippen molar-refractivity contribution in [2.24, 2.45) is 35.5 Å². The Morgan fingerprint density at radius 3 is 2.11 bits per heavy atom. The Balaban J connectivity index is 2.08. The molecule has 0 amide bonds. The fourth-order valence-corrected chi connectivity index (χ4v) is 4.66. The summed E-state index contributed by atoms with van der Waals surface area (Å²) in [5.74, 6) is 2.64. The van der Waals surface area contributed by atoms with Gasteiger partial charge in [-0.15, -0.1) is 0 Å². The van der Waals surface area contributed by atoms with E-state index in [1.807, 2.05) is 0 Å². The molecule has 19 heavy (non-hydrogen) atoms. The maximum Gasteiger partial charge on any atom is 0.0626 e. The average molecular weight is 268 g/mol. The number of aliphatic hydroxyl groups excluding tert-OH is 2. The third-order valence-electron chi connectivity index (χ3n) is 5.66. The zero-order chi connectivity index (χ0) is 14.2. The third kappa shape index (κ3) is 3.16. The average Bonchev–Trinajstić information content (AvgIpc) is 2.32. The summed E-state index contributed by atoms with van der Waals surface area (Å²) in [6.45, 7) is 8.87. The topological polar surface area (TPSA) is 40.5 Å². The van der Waals surface area contributed by atoms with Gasteiger partial charge in [0.2, 0.25) is 0 Å². The van der Waals surface area contributed by atoms with Gasteiger partial charge in [-0.1, -0.05) is 27.7 Å². The van der Waals surface area contributed by atoms with Gasteiger partial charge in [0.1, 0.15) is 0 Å². The second-order valence-electron chi connectivity index (χ2n) is 7.77. The molecule has 2 saturated carbocycles. The number of hydrogen-bond acceptors (Lipinski definition) is 2. The van der Waals surface area contributed by atoms with Gasteiger partial charge in [0, 0.05) is 5.92 Å². The Bertz CT molecular complexity index is 287. The number of hydrogen-bond donors (Lipinski definition) is 2. The standard InChI is InChI=1S/C17H32O2/c1-10(2)9-13-6-5-12-7-8-14(11(3)4)17(19)15(12)16(13)18/h10-19H,5-9H2,1-4H3/t12?,13-,14-,15?,16?,17?/m1/s1. The van der Waals surface area contributed by atoms with Crippen LogP contribution in [-0.2, 0) is 0 Å². The summed E-state index contributed by atoms with van der Waals surface area (Å²) in [7, 11) is 0. The van der Waals surface area contributed by atoms with Crippen LogP contribution in [-0.4, -0.2) is 22.4 Å². The van der Waals surface area contributed by atoms with Gasteiger partial charge in [-0.3, -0.25) is 0 Å². The Morgan fingerprint density at radius 2 is 1.53 bits per heavy atom. The lowest BCUT2D eigenvalue weighted by molar-refractivity contribution is -0.125. The van der Waals surface area contributed by atoms with Crippen molar-refractivity contribution in [3.05, 3.63) is 0 Å². The van der Waals surface area contributed by atoms with Crippen LogP contribution in [0.3, 0.4) is 0 Å². The summed E-state index contributed by atoms with van der Waals surface area (Å²) in [5, 5.41) is 21.4. The number of aliphatic hydroxyl groups is 2. The minimum absolute atomic E-state index is 0.138. The van der Waals surface area contributed by atoms with Crippen LogP contribution in [0.25, 0.3) is 0 Å². The van der Waals surface area contributed by atoms with Gasteiger partial charge in [-0.2, -0.15) is 0 Å². The van der Waals surface area contributed by atoms with E-state index in [0.29, 0.717) is 29.6 Å². The maximum absolute atomic E-state index is 10.7. The molecule has 0 spiro atoms. The molecule has 0 aromatic carbocycles. The molecule has 0 bridgehead atoms. The molecule has 0 aromatic heterocycles. The molecule has 2 nitrogen and oxygen atoms in total. The molecule has 2 aliphatic rings. The Labute approximate surface area is 118 Å². The molecule has 4 unspecified atom stereocenters. The van der Waals surface area contributed by atoms with Crippen LogP contribution in [0.2, 0.25) is 0 Å². The minimum atomic E-state index is -0.288. The highest BCUT2D eigenvalue weighted by atomic mass is 16.3. The highest BCUT2D eigenvalue weighted by Gasteiger charge is 2.47. The third-order valence-corrected chi connectivity index (χ3v) is 5.66. The van der Waals surface area contributed by atoms with E-state index in [4.69, 9.17) is 0 Å². The largest absolute Gasteiger partial charge is 0.392 e. The van der Waals surface area contributed by atoms with E-state index >= 15 is 0 Å². The van der Waals surface area contributed by atoms with Crippen LogP contribution in [0.15, 0.2) is 0 Å². The minimum Gasteiger partial charge on any atom is -0.392 e. The first-order valence-electron chi connectivity index (χ1n) is 8.28. The van der Waals surface area contributed by atoms with Crippen molar-refractivity contribution in [2.75, 3.05) is 0 Å². The molecule has 0 aliphatic heterocycles. The fourth-order valence-electron chi connectivity index (χ4n) is 4.66. The molecule has 0 aromatic rings. The highest BCUT2D eigenvalue weighted by Crippen LogP contribution is 2.47. The van der Waals surface area contributed by atoms with Crippen LogP contribution >= 0.6 is 0 Å². The second-order valence-corrected chi connectivity index (χ2v) is 7.77. The van der Waals surface area contributed by atoms with Crippen LogP contribution in [0.4, 0.5) is 0 Å². The van der Waals surface area contributed by atoms with Gasteiger partial charge >= 0.3 is 0 Å². The van der Waals surface area contributed by atoms with E-state index in [1.54, 1.807) is 0 Å². The first-order chi connectivity index (χ1) is 8.91. The molecule has 2 heteroatoms. The summed E-state index contributed by atoms with van der Waals surface area (Å²) >= 11 is 0. The highest BCUT2D eigenvalue weighted by molar-refractivity contribution is 4.97. The molecule has 2 N–H and O–H groups in total. The normalized spacial score (nSPS) is 43.6. The summed E-state index contributed by atoms with van der Waals surface area (Å²) in [6, 6.07) is 0. The van der Waals surface area contributed by atoms with Crippen LogP contribution in [0, 0.1) is 35.5 Å². The van der Waals surface area contributed by atoms with E-state index in [0.717, 1.165) is 19.3 Å². The van der Waals surface area contributed by atoms with Gasteiger partial charge in [0.05, 0.1) is 12.2 Å². The van der Waals surface area contributed by atoms with Crippen LogP contribution in [0.1, 0.15) is 59.8 Å². The van der Waals surface area contributed by atoms with E-state index in [-0.39, 0.29) is 18.1 Å². The lowest BCUT2D eigenvalue weighted by Gasteiger charge is -2.49. The van der Waals surface area contributed by atoms with Crippen LogP contribution < -0.4 is 0 Å². The molecule has 2 fully saturated rings. The molecule has 112 valence electrons. The summed E-state index contributed by atoms with van der Waals surface area (Å²) in [6.07, 6.45) is 5.24. The molecular formula is C17H32O2. The Morgan fingerprint density at radius 1 is 0.895 bits per heavy atom. The lowest BCUT2D eigenvalue weighted by atomic mass is 9.59. The smallest absolute Gasteiger partial charge is 0.0626 e. The fraction of sp³-hybridized carbons (Fsp3) is 1.00. The number of rotatable bonds is 3. The first kappa shape index (κ1) is 15.3. The van der Waals surface area contributed by atoms with Crippen molar-refractivity contribution < 1.29 is 10.2 Å². The van der Waals surface area contributed by atoms with Crippen molar-refractivity contribution in [1.29, 1.82) is 0 Å². The van der Waals surface area contributed by atoms with Gasteiger partial charge in [-0.25, -0.2) is 0 Å². The van der Waals surface area contributed by atoms with Crippen molar-refractivity contribution in [2.45, 2.75) is 72.0 Å². The Kier molecular flexibility index (Phi) is 4.94. The molecule has 0 heterocycles. The van der Waals surface area contributed by atoms with Crippen LogP contribution in [0.5, 0.6) is 0 Å². The van der Waals surface area contributed by atoms with E-state index < -0.39 is 0 Å². The van der Waals surface area contributed by atoms with Crippen molar-refractivity contribution in [1.82, 2.24) is 0 Å². The second kappa shape index (κ2) is 6.13. The molecule has 2 rings (SSSR count). The van der Waals surface area contributed by atoms with Crippen molar-refractivity contribution in [3.63, 3.8) is 0 Å². The quantitative estimate of drug-likeness (QED) is 0.823. The summed E-state index contributed by atoms with van der Waals surface area (Å²) in [5.41, 5.74) is 0. The molecule has 2 aliphatic carbocycles. The van der Waals surface area contributed by atoms with E-state index in [9.17, 15) is 10.2 Å². The molecular weight excluding hydrogens is 236 g/mol. The summed E-state index contributed by atoms with van der Waals surface area (Å²) < 4.78 is 0. The zero-order valence-electron chi connectivity index (χ0n) is 13.0. The van der Waals surface area contributed by atoms with Crippen molar-refractivity contribution in [3.8, 4) is 0 Å². The van der Waals surface area contributed by atoms with Gasteiger partial charge < -0.3 is 10.2 Å². The van der Waals surface area contributed by atoms with E-state index in [2.05, 4.69) is 27.7 Å². The van der Waals surface area contributed by atoms with Gasteiger partial charge in [0.15, 0.2) is 0 Å². The van der Waals surface area contributed by atoms with Gasteiger partial charge in [0.25, 0.3) is 0 Å². The molecule has 0 saturated heterocycles. The monoisotopic (exact) mass is 268 g/mol. The molecule has 0 radical (unpaired) electrons. The first-order valence-corrected chi connectivity index (χ1v) is 8.28. The predicted molar refractivity (Wildman–Crippen MR) is 78.7 cm³/mol. The maximum atomic E-state index is 10.7. The molecule has 6 atom stereocenters. The summed E-state index contributed by atoms with van der Waals surface area (Å²) in [4.78, 5) is 0. The lowest BCUT2D eigenvalue weighted by Crippen LogP contribution is -2.51. The van der Waals surface area contributed by atoms with E-state index in [1.165, 1.54) is 12.8 Å². The zero-order valence-corrected chi connectivity index (χ0v) is 13.0. The number of fused-ring (bicyclic) bond motifs is 1. The van der Waals surface area contributed by atoms with Gasteiger partial charge in [-0.05, 0) is 61.7 Å². The predicted octanol–water partition coefficient (Wildman–Crippen LogP) is 3.46.